The highest BCUT2D eigenvalue weighted by atomic mass is 19.1. The fourth-order valence-electron chi connectivity index (χ4n) is 0.960. The van der Waals surface area contributed by atoms with Crippen molar-refractivity contribution in [2.75, 3.05) is 6.54 Å². The minimum atomic E-state index is -0.197. The molecule has 1 rings (SSSR count). The number of hydrogen-bond donors (Lipinski definition) is 1. The van der Waals surface area contributed by atoms with Crippen LogP contribution in [0.1, 0.15) is 12.5 Å². The van der Waals surface area contributed by atoms with E-state index in [4.69, 9.17) is 0 Å². The summed E-state index contributed by atoms with van der Waals surface area (Å²) in [5, 5.41) is 3.13. The van der Waals surface area contributed by atoms with E-state index in [0.29, 0.717) is 6.54 Å². The molecule has 0 radical (unpaired) electrons. The maximum atomic E-state index is 12.5. The Morgan fingerprint density at radius 1 is 1.31 bits per heavy atom. The smallest absolute Gasteiger partial charge is 0.123 e. The molecule has 0 aliphatic rings. The van der Waals surface area contributed by atoms with Crippen LogP contribution in [0, 0.1) is 17.7 Å². The zero-order chi connectivity index (χ0) is 9.52. The summed E-state index contributed by atoms with van der Waals surface area (Å²) in [4.78, 5) is 0. The van der Waals surface area contributed by atoms with Crippen molar-refractivity contribution in [2.45, 2.75) is 13.5 Å². The first-order chi connectivity index (χ1) is 6.33. The minimum Gasteiger partial charge on any atom is -0.302 e. The van der Waals surface area contributed by atoms with Crippen molar-refractivity contribution >= 4 is 0 Å². The quantitative estimate of drug-likeness (QED) is 0.549. The summed E-state index contributed by atoms with van der Waals surface area (Å²) in [6.45, 7) is 3.21. The molecule has 0 bridgehead atoms. The van der Waals surface area contributed by atoms with Crippen molar-refractivity contribution in [3.05, 3.63) is 35.6 Å². The van der Waals surface area contributed by atoms with Gasteiger partial charge in [0.25, 0.3) is 0 Å². The summed E-state index contributed by atoms with van der Waals surface area (Å²) in [7, 11) is 0. The first kappa shape index (κ1) is 9.76. The largest absolute Gasteiger partial charge is 0.302 e. The van der Waals surface area contributed by atoms with Gasteiger partial charge in [0.05, 0.1) is 6.54 Å². The van der Waals surface area contributed by atoms with Crippen LogP contribution >= 0.6 is 0 Å². The van der Waals surface area contributed by atoms with Crippen molar-refractivity contribution in [2.24, 2.45) is 0 Å². The molecule has 0 saturated heterocycles. The molecule has 13 heavy (non-hydrogen) atoms. The third-order valence-corrected chi connectivity index (χ3v) is 1.63. The zero-order valence-corrected chi connectivity index (χ0v) is 7.60. The van der Waals surface area contributed by atoms with Crippen LogP contribution in [0.2, 0.25) is 0 Å². The second kappa shape index (κ2) is 5.34. The van der Waals surface area contributed by atoms with Gasteiger partial charge >= 0.3 is 0 Å². The predicted molar refractivity (Wildman–Crippen MR) is 51.6 cm³/mol. The molecule has 0 amide bonds. The normalized spacial score (nSPS) is 9.08. The van der Waals surface area contributed by atoms with Gasteiger partial charge in [0, 0.05) is 6.54 Å². The average molecular weight is 177 g/mol. The lowest BCUT2D eigenvalue weighted by atomic mass is 10.2. The lowest BCUT2D eigenvalue weighted by Gasteiger charge is -2.00. The Morgan fingerprint density at radius 3 is 2.62 bits per heavy atom. The van der Waals surface area contributed by atoms with Gasteiger partial charge in [-0.15, -0.1) is 5.92 Å². The van der Waals surface area contributed by atoms with E-state index in [-0.39, 0.29) is 5.82 Å². The van der Waals surface area contributed by atoms with Gasteiger partial charge in [-0.05, 0) is 24.6 Å². The van der Waals surface area contributed by atoms with E-state index in [2.05, 4.69) is 17.2 Å². The number of halogens is 1. The Hall–Kier alpha value is -1.33. The van der Waals surface area contributed by atoms with Crippen LogP contribution in [0.5, 0.6) is 0 Å². The fourth-order valence-corrected chi connectivity index (χ4v) is 0.960. The van der Waals surface area contributed by atoms with Crippen molar-refractivity contribution < 1.29 is 4.39 Å². The van der Waals surface area contributed by atoms with Crippen molar-refractivity contribution in [3.63, 3.8) is 0 Å². The van der Waals surface area contributed by atoms with Crippen LogP contribution in [0.15, 0.2) is 24.3 Å². The highest BCUT2D eigenvalue weighted by molar-refractivity contribution is 5.15. The van der Waals surface area contributed by atoms with Gasteiger partial charge in [0.15, 0.2) is 0 Å². The Morgan fingerprint density at radius 2 is 2.00 bits per heavy atom. The summed E-state index contributed by atoms with van der Waals surface area (Å²) in [6, 6.07) is 6.45. The van der Waals surface area contributed by atoms with Crippen molar-refractivity contribution in [3.8, 4) is 11.8 Å². The molecule has 0 fully saturated rings. The van der Waals surface area contributed by atoms with Gasteiger partial charge < -0.3 is 5.32 Å². The van der Waals surface area contributed by atoms with Crippen LogP contribution in [0.25, 0.3) is 0 Å². The van der Waals surface area contributed by atoms with Crippen LogP contribution in [-0.2, 0) is 6.54 Å². The molecule has 0 spiro atoms. The van der Waals surface area contributed by atoms with Crippen LogP contribution < -0.4 is 5.32 Å². The molecule has 0 atom stereocenters. The Bertz CT molecular complexity index is 305. The van der Waals surface area contributed by atoms with E-state index in [1.807, 2.05) is 0 Å². The summed E-state index contributed by atoms with van der Waals surface area (Å²) in [5.41, 5.74) is 1.07. The van der Waals surface area contributed by atoms with Crippen molar-refractivity contribution in [1.29, 1.82) is 0 Å². The molecule has 0 unspecified atom stereocenters. The second-order valence-corrected chi connectivity index (χ2v) is 2.66. The highest BCUT2D eigenvalue weighted by Gasteiger charge is 1.91. The molecule has 68 valence electrons. The van der Waals surface area contributed by atoms with Gasteiger partial charge in [-0.25, -0.2) is 4.39 Å². The molecule has 0 aromatic heterocycles. The first-order valence-corrected chi connectivity index (χ1v) is 4.17. The molecular weight excluding hydrogens is 165 g/mol. The Labute approximate surface area is 78.0 Å². The summed E-state index contributed by atoms with van der Waals surface area (Å²) >= 11 is 0. The maximum absolute atomic E-state index is 12.5. The Kier molecular flexibility index (Phi) is 4.01. The highest BCUT2D eigenvalue weighted by Crippen LogP contribution is 2.01. The summed E-state index contributed by atoms with van der Waals surface area (Å²) < 4.78 is 12.5. The first-order valence-electron chi connectivity index (χ1n) is 4.17. The number of benzene rings is 1. The minimum absolute atomic E-state index is 0.197. The zero-order valence-electron chi connectivity index (χ0n) is 7.60. The van der Waals surface area contributed by atoms with Crippen LogP contribution in [0.3, 0.4) is 0 Å². The molecule has 1 aromatic rings. The standard InChI is InChI=1S/C11H12FN/c1-2-3-8-13-9-10-4-6-11(12)7-5-10/h4-7,13H,8-9H2,1H3. The van der Waals surface area contributed by atoms with Gasteiger partial charge in [-0.2, -0.15) is 0 Å². The van der Waals surface area contributed by atoms with Gasteiger partial charge in [0.1, 0.15) is 5.82 Å². The van der Waals surface area contributed by atoms with E-state index in [0.717, 1.165) is 12.1 Å². The van der Waals surface area contributed by atoms with E-state index >= 15 is 0 Å². The third-order valence-electron chi connectivity index (χ3n) is 1.63. The lowest BCUT2D eigenvalue weighted by Crippen LogP contribution is -2.12. The molecule has 2 heteroatoms. The van der Waals surface area contributed by atoms with Gasteiger partial charge in [0.2, 0.25) is 0 Å². The van der Waals surface area contributed by atoms with Crippen LogP contribution in [-0.4, -0.2) is 6.54 Å². The molecule has 1 nitrogen and oxygen atoms in total. The predicted octanol–water partition coefficient (Wildman–Crippen LogP) is 1.94. The molecule has 0 aliphatic carbocycles. The number of hydrogen-bond acceptors (Lipinski definition) is 1. The Balaban J connectivity index is 2.36. The van der Waals surface area contributed by atoms with E-state index in [1.54, 1.807) is 19.1 Å². The van der Waals surface area contributed by atoms with Gasteiger partial charge in [-0.1, -0.05) is 18.1 Å². The second-order valence-electron chi connectivity index (χ2n) is 2.66. The van der Waals surface area contributed by atoms with Crippen molar-refractivity contribution in [1.82, 2.24) is 5.32 Å². The number of rotatable bonds is 3. The third kappa shape index (κ3) is 3.73. The van der Waals surface area contributed by atoms with Crippen LogP contribution in [0.4, 0.5) is 4.39 Å². The maximum Gasteiger partial charge on any atom is 0.123 e. The molecule has 1 aromatic carbocycles. The average Bonchev–Trinajstić information content (AvgIpc) is 2.15. The SMILES string of the molecule is CC#CCNCc1ccc(F)cc1. The van der Waals surface area contributed by atoms with Gasteiger partial charge in [-0.3, -0.25) is 0 Å². The lowest BCUT2D eigenvalue weighted by molar-refractivity contribution is 0.626. The fraction of sp³-hybridized carbons (Fsp3) is 0.273. The summed E-state index contributed by atoms with van der Waals surface area (Å²) in [6.07, 6.45) is 0. The molecule has 0 heterocycles. The molecule has 0 aliphatic heterocycles. The molecule has 1 N–H and O–H groups in total. The summed E-state index contributed by atoms with van der Waals surface area (Å²) in [5.74, 6) is 5.49. The van der Waals surface area contributed by atoms with E-state index in [1.165, 1.54) is 12.1 Å². The molecule has 0 saturated carbocycles. The topological polar surface area (TPSA) is 12.0 Å². The number of nitrogens with one attached hydrogen (secondary N) is 1. The van der Waals surface area contributed by atoms with E-state index < -0.39 is 0 Å². The van der Waals surface area contributed by atoms with E-state index in [9.17, 15) is 4.39 Å². The molecular formula is C11H12FN. The monoisotopic (exact) mass is 177 g/mol.